The number of aromatic nitrogens is 3. The molecule has 0 atom stereocenters. The lowest BCUT2D eigenvalue weighted by Gasteiger charge is -2.27. The zero-order valence-electron chi connectivity index (χ0n) is 14.7. The maximum Gasteiger partial charge on any atom is 0.251 e. The third kappa shape index (κ3) is 4.02. The molecule has 25 heavy (non-hydrogen) atoms. The van der Waals surface area contributed by atoms with Crippen LogP contribution in [0, 0.1) is 0 Å². The summed E-state index contributed by atoms with van der Waals surface area (Å²) in [4.78, 5) is 18.8. The van der Waals surface area contributed by atoms with Crippen molar-refractivity contribution in [3.63, 3.8) is 0 Å². The molecule has 0 unspecified atom stereocenters. The fourth-order valence-electron chi connectivity index (χ4n) is 2.64. The van der Waals surface area contributed by atoms with E-state index in [2.05, 4.69) is 41.1 Å². The maximum absolute atomic E-state index is 12.5. The summed E-state index contributed by atoms with van der Waals surface area (Å²) in [5.74, 6) is 0.673. The highest BCUT2D eigenvalue weighted by Crippen LogP contribution is 2.25. The van der Waals surface area contributed by atoms with Crippen molar-refractivity contribution in [1.29, 1.82) is 0 Å². The Balaban J connectivity index is 1.64. The predicted molar refractivity (Wildman–Crippen MR) is 100 cm³/mol. The van der Waals surface area contributed by atoms with Gasteiger partial charge in [-0.1, -0.05) is 17.7 Å². The number of pyridine rings is 1. The van der Waals surface area contributed by atoms with E-state index in [0.29, 0.717) is 30.2 Å². The van der Waals surface area contributed by atoms with Gasteiger partial charge in [0.05, 0.1) is 22.4 Å². The summed E-state index contributed by atoms with van der Waals surface area (Å²) in [6, 6.07) is 3.63. The summed E-state index contributed by atoms with van der Waals surface area (Å²) in [7, 11) is 0. The highest BCUT2D eigenvalue weighted by Gasteiger charge is 2.20. The Bertz CT molecular complexity index is 806. The number of hydrogen-bond donors (Lipinski definition) is 1. The summed E-state index contributed by atoms with van der Waals surface area (Å²) in [6.45, 7) is 7.50. The Morgan fingerprint density at radius 2 is 2.16 bits per heavy atom. The Morgan fingerprint density at radius 1 is 1.36 bits per heavy atom. The lowest BCUT2D eigenvalue weighted by molar-refractivity contribution is -0.113. The largest absolute Gasteiger partial charge is 0.351 e. The average molecular weight is 360 g/mol. The highest BCUT2D eigenvalue weighted by atomic mass is 35.5. The van der Waals surface area contributed by atoms with E-state index in [1.165, 1.54) is 0 Å². The molecule has 2 aromatic heterocycles. The van der Waals surface area contributed by atoms with E-state index in [-0.39, 0.29) is 11.4 Å². The van der Waals surface area contributed by atoms with Crippen LogP contribution in [0.15, 0.2) is 42.4 Å². The Morgan fingerprint density at radius 3 is 2.76 bits per heavy atom. The average Bonchev–Trinajstić information content (AvgIpc) is 3.04. The van der Waals surface area contributed by atoms with Gasteiger partial charge >= 0.3 is 0 Å². The normalized spacial score (nSPS) is 15.0. The molecule has 3 rings (SSSR count). The Kier molecular flexibility index (Phi) is 4.81. The van der Waals surface area contributed by atoms with Crippen molar-refractivity contribution in [3.05, 3.63) is 47.4 Å². The van der Waals surface area contributed by atoms with Crippen LogP contribution in [0.5, 0.6) is 0 Å². The number of amides is 1. The van der Waals surface area contributed by atoms with Gasteiger partial charge in [0.15, 0.2) is 0 Å². The van der Waals surface area contributed by atoms with Crippen LogP contribution in [0.3, 0.4) is 0 Å². The van der Waals surface area contributed by atoms with Crippen LogP contribution in [0.2, 0.25) is 5.02 Å². The molecule has 0 radical (unpaired) electrons. The third-order valence-electron chi connectivity index (χ3n) is 4.07. The summed E-state index contributed by atoms with van der Waals surface area (Å²) >= 11 is 6.19. The Hall–Kier alpha value is -2.34. The second-order valence-electron chi connectivity index (χ2n) is 7.03. The zero-order chi connectivity index (χ0) is 18.0. The van der Waals surface area contributed by atoms with Crippen LogP contribution in [0.25, 0.3) is 0 Å². The lowest BCUT2D eigenvalue weighted by atomic mass is 10.1. The van der Waals surface area contributed by atoms with Crippen molar-refractivity contribution in [2.75, 3.05) is 23.3 Å². The third-order valence-corrected chi connectivity index (χ3v) is 4.36. The van der Waals surface area contributed by atoms with Crippen molar-refractivity contribution in [2.45, 2.75) is 32.7 Å². The summed E-state index contributed by atoms with van der Waals surface area (Å²) in [5, 5.41) is 7.84. The molecule has 7 heteroatoms. The minimum absolute atomic E-state index is 0.0831. The van der Waals surface area contributed by atoms with E-state index >= 15 is 0 Å². The first-order chi connectivity index (χ1) is 11.8. The second kappa shape index (κ2) is 6.88. The maximum atomic E-state index is 12.5. The van der Waals surface area contributed by atoms with Crippen LogP contribution in [0.1, 0.15) is 27.2 Å². The van der Waals surface area contributed by atoms with E-state index in [1.54, 1.807) is 12.4 Å². The fourth-order valence-corrected chi connectivity index (χ4v) is 2.88. The molecule has 6 nitrogen and oxygen atoms in total. The van der Waals surface area contributed by atoms with Crippen LogP contribution in [-0.2, 0) is 10.3 Å². The van der Waals surface area contributed by atoms with Gasteiger partial charge in [0, 0.05) is 31.1 Å². The van der Waals surface area contributed by atoms with Gasteiger partial charge in [-0.15, -0.1) is 0 Å². The molecule has 0 aliphatic carbocycles. The molecule has 0 spiro atoms. The van der Waals surface area contributed by atoms with Crippen LogP contribution < -0.4 is 10.2 Å². The summed E-state index contributed by atoms with van der Waals surface area (Å²) < 4.78 is 1.84. The van der Waals surface area contributed by atoms with Gasteiger partial charge in [0.1, 0.15) is 5.82 Å². The number of halogens is 1. The van der Waals surface area contributed by atoms with Gasteiger partial charge in [0.25, 0.3) is 5.91 Å². The highest BCUT2D eigenvalue weighted by molar-refractivity contribution is 6.32. The summed E-state index contributed by atoms with van der Waals surface area (Å²) in [6.07, 6.45) is 7.82. The number of nitrogens with one attached hydrogen (secondary N) is 1. The van der Waals surface area contributed by atoms with E-state index in [9.17, 15) is 4.79 Å². The molecule has 0 bridgehead atoms. The molecule has 0 saturated carbocycles. The fraction of sp³-hybridized carbons (Fsp3) is 0.389. The smallest absolute Gasteiger partial charge is 0.251 e. The monoisotopic (exact) mass is 359 g/mol. The number of nitrogens with zero attached hydrogens (tertiary/aromatic N) is 4. The zero-order valence-corrected chi connectivity index (χ0v) is 15.4. The molecule has 132 valence electrons. The minimum Gasteiger partial charge on any atom is -0.351 e. The molecule has 1 N–H and O–H groups in total. The first-order valence-electron chi connectivity index (χ1n) is 8.25. The van der Waals surface area contributed by atoms with E-state index in [0.717, 1.165) is 11.4 Å². The number of hydrogen-bond acceptors (Lipinski definition) is 4. The molecule has 1 aliphatic heterocycles. The van der Waals surface area contributed by atoms with Crippen molar-refractivity contribution in [1.82, 2.24) is 14.8 Å². The molecule has 3 heterocycles. The van der Waals surface area contributed by atoms with Gasteiger partial charge in [-0.25, -0.2) is 4.98 Å². The Labute approximate surface area is 152 Å². The molecular weight excluding hydrogens is 338 g/mol. The van der Waals surface area contributed by atoms with Crippen molar-refractivity contribution in [3.8, 4) is 0 Å². The van der Waals surface area contributed by atoms with Gasteiger partial charge in [-0.2, -0.15) is 5.10 Å². The van der Waals surface area contributed by atoms with Gasteiger partial charge in [0.2, 0.25) is 0 Å². The summed E-state index contributed by atoms with van der Waals surface area (Å²) in [5.41, 5.74) is 1.36. The van der Waals surface area contributed by atoms with Crippen molar-refractivity contribution in [2.24, 2.45) is 0 Å². The molecule has 2 aromatic rings. The van der Waals surface area contributed by atoms with E-state index in [4.69, 9.17) is 11.6 Å². The molecular formula is C18H22ClN5O. The first kappa shape index (κ1) is 17.5. The van der Waals surface area contributed by atoms with E-state index < -0.39 is 0 Å². The quantitative estimate of drug-likeness (QED) is 0.911. The SMILES string of the molecule is CC(C)(C)n1cc(NC(=O)C2=CCN(c3ncccc3Cl)CC2)cn1. The standard InChI is InChI=1S/C18H22ClN5O/c1-18(2,3)24-12-14(11-21-24)22-17(25)13-6-9-23(10-7-13)16-15(19)5-4-8-20-16/h4-6,8,11-12H,7,9-10H2,1-3H3,(H,22,25). The topological polar surface area (TPSA) is 63.1 Å². The number of carbonyl (C=O) groups is 1. The molecule has 0 saturated heterocycles. The van der Waals surface area contributed by atoms with Gasteiger partial charge in [-0.3, -0.25) is 9.48 Å². The minimum atomic E-state index is -0.116. The molecule has 1 amide bonds. The van der Waals surface area contributed by atoms with Gasteiger partial charge in [-0.05, 0) is 39.3 Å². The van der Waals surface area contributed by atoms with Crippen LogP contribution in [0.4, 0.5) is 11.5 Å². The first-order valence-corrected chi connectivity index (χ1v) is 8.63. The van der Waals surface area contributed by atoms with Crippen molar-refractivity contribution < 1.29 is 4.79 Å². The number of rotatable bonds is 3. The molecule has 0 fully saturated rings. The second-order valence-corrected chi connectivity index (χ2v) is 7.44. The molecule has 0 aromatic carbocycles. The predicted octanol–water partition coefficient (Wildman–Crippen LogP) is 3.46. The van der Waals surface area contributed by atoms with Crippen LogP contribution in [-0.4, -0.2) is 33.8 Å². The van der Waals surface area contributed by atoms with Crippen molar-refractivity contribution >= 4 is 29.0 Å². The number of carbonyl (C=O) groups excluding carboxylic acids is 1. The van der Waals surface area contributed by atoms with Gasteiger partial charge < -0.3 is 10.2 Å². The molecule has 1 aliphatic rings. The number of anilines is 2. The van der Waals surface area contributed by atoms with Crippen LogP contribution >= 0.6 is 11.6 Å². The van der Waals surface area contributed by atoms with E-state index in [1.807, 2.05) is 29.1 Å². The lowest BCUT2D eigenvalue weighted by Crippen LogP contribution is -2.32.